The zero-order valence-electron chi connectivity index (χ0n) is 8.12. The summed E-state index contributed by atoms with van der Waals surface area (Å²) in [4.78, 5) is 2.62. The summed E-state index contributed by atoms with van der Waals surface area (Å²) in [6.07, 6.45) is 1.41. The van der Waals surface area contributed by atoms with Crippen molar-refractivity contribution in [3.63, 3.8) is 0 Å². The van der Waals surface area contributed by atoms with Gasteiger partial charge in [0.1, 0.15) is 0 Å². The molecule has 2 aliphatic heterocycles. The lowest BCUT2D eigenvalue weighted by molar-refractivity contribution is -0.0702. The third kappa shape index (κ3) is 1.50. The van der Waals surface area contributed by atoms with Crippen molar-refractivity contribution in [2.45, 2.75) is 26.3 Å². The first-order chi connectivity index (χ1) is 5.77. The van der Waals surface area contributed by atoms with Crippen molar-refractivity contribution in [3.8, 4) is 0 Å². The van der Waals surface area contributed by atoms with Crippen LogP contribution in [0.2, 0.25) is 0 Å². The van der Waals surface area contributed by atoms with Gasteiger partial charge in [-0.1, -0.05) is 13.8 Å². The van der Waals surface area contributed by atoms with Crippen molar-refractivity contribution < 1.29 is 4.74 Å². The van der Waals surface area contributed by atoms with Crippen molar-refractivity contribution in [2.75, 3.05) is 26.3 Å². The van der Waals surface area contributed by atoms with Gasteiger partial charge in [0.15, 0.2) is 0 Å². The number of hydrogen-bond acceptors (Lipinski definition) is 2. The highest BCUT2D eigenvalue weighted by Gasteiger charge is 2.33. The monoisotopic (exact) mass is 169 g/mol. The second kappa shape index (κ2) is 3.35. The van der Waals surface area contributed by atoms with E-state index in [0.29, 0.717) is 0 Å². The van der Waals surface area contributed by atoms with Crippen molar-refractivity contribution in [3.05, 3.63) is 0 Å². The summed E-state index contributed by atoms with van der Waals surface area (Å²) in [7, 11) is 0. The fraction of sp³-hybridized carbons (Fsp3) is 1.00. The number of likely N-dealkylation sites (tertiary alicyclic amines) is 1. The molecule has 1 atom stereocenters. The predicted molar refractivity (Wildman–Crippen MR) is 49.1 cm³/mol. The largest absolute Gasteiger partial charge is 0.381 e. The van der Waals surface area contributed by atoms with Gasteiger partial charge in [0.05, 0.1) is 13.2 Å². The minimum atomic E-state index is 0.833. The maximum atomic E-state index is 5.17. The summed E-state index contributed by atoms with van der Waals surface area (Å²) in [6.45, 7) is 9.26. The number of ether oxygens (including phenoxy) is 1. The molecule has 2 fully saturated rings. The first-order valence-corrected chi connectivity index (χ1v) is 5.09. The molecule has 0 amide bonds. The minimum absolute atomic E-state index is 0.833. The van der Waals surface area contributed by atoms with Gasteiger partial charge in [0.25, 0.3) is 0 Å². The van der Waals surface area contributed by atoms with Gasteiger partial charge in [-0.3, -0.25) is 4.90 Å². The fourth-order valence-corrected chi connectivity index (χ4v) is 2.16. The lowest BCUT2D eigenvalue weighted by Gasteiger charge is -2.46. The molecule has 2 heteroatoms. The number of rotatable bonds is 3. The molecule has 2 heterocycles. The van der Waals surface area contributed by atoms with Gasteiger partial charge in [-0.2, -0.15) is 0 Å². The normalized spacial score (nSPS) is 31.8. The molecule has 0 radical (unpaired) electrons. The Hall–Kier alpha value is -0.0800. The molecule has 0 N–H and O–H groups in total. The van der Waals surface area contributed by atoms with Crippen LogP contribution in [-0.2, 0) is 4.74 Å². The van der Waals surface area contributed by atoms with Gasteiger partial charge in [-0.05, 0) is 18.9 Å². The van der Waals surface area contributed by atoms with E-state index in [1.807, 2.05) is 0 Å². The van der Waals surface area contributed by atoms with Crippen LogP contribution in [0, 0.1) is 11.8 Å². The molecule has 1 unspecified atom stereocenters. The molecule has 0 spiro atoms. The molecular formula is C10H19NO. The predicted octanol–water partition coefficient (Wildman–Crippen LogP) is 1.36. The van der Waals surface area contributed by atoms with Crippen molar-refractivity contribution in [2.24, 2.45) is 11.8 Å². The van der Waals surface area contributed by atoms with Crippen LogP contribution in [0.3, 0.4) is 0 Å². The highest BCUT2D eigenvalue weighted by Crippen LogP contribution is 2.26. The minimum Gasteiger partial charge on any atom is -0.381 e. The Labute approximate surface area is 74.9 Å². The summed E-state index contributed by atoms with van der Waals surface area (Å²) in [5, 5.41) is 0. The van der Waals surface area contributed by atoms with Crippen LogP contribution in [0.1, 0.15) is 20.3 Å². The van der Waals surface area contributed by atoms with Gasteiger partial charge in [-0.15, -0.1) is 0 Å². The Kier molecular flexibility index (Phi) is 2.37. The van der Waals surface area contributed by atoms with Gasteiger partial charge < -0.3 is 4.74 Å². The van der Waals surface area contributed by atoms with E-state index in [1.165, 1.54) is 19.5 Å². The Bertz CT molecular complexity index is 154. The van der Waals surface area contributed by atoms with Crippen LogP contribution in [-0.4, -0.2) is 37.2 Å². The van der Waals surface area contributed by atoms with Crippen molar-refractivity contribution in [1.29, 1.82) is 0 Å². The zero-order valence-corrected chi connectivity index (χ0v) is 8.12. The second-order valence-corrected chi connectivity index (χ2v) is 4.50. The van der Waals surface area contributed by atoms with E-state index in [2.05, 4.69) is 18.7 Å². The molecule has 0 aliphatic carbocycles. The van der Waals surface area contributed by atoms with Crippen LogP contribution in [0.25, 0.3) is 0 Å². The van der Waals surface area contributed by atoms with Crippen LogP contribution in [0.5, 0.6) is 0 Å². The van der Waals surface area contributed by atoms with Gasteiger partial charge in [-0.25, -0.2) is 0 Å². The summed E-state index contributed by atoms with van der Waals surface area (Å²) < 4.78 is 5.17. The quantitative estimate of drug-likeness (QED) is 0.632. The molecule has 0 saturated carbocycles. The first-order valence-electron chi connectivity index (χ1n) is 5.09. The molecule has 0 bridgehead atoms. The van der Waals surface area contributed by atoms with Crippen LogP contribution in [0.15, 0.2) is 0 Å². The van der Waals surface area contributed by atoms with E-state index in [4.69, 9.17) is 4.74 Å². The summed E-state index contributed by atoms with van der Waals surface area (Å²) >= 11 is 0. The third-order valence-corrected chi connectivity index (χ3v) is 3.15. The van der Waals surface area contributed by atoms with E-state index < -0.39 is 0 Å². The third-order valence-electron chi connectivity index (χ3n) is 3.15. The lowest BCUT2D eigenvalue weighted by Crippen LogP contribution is -2.54. The number of nitrogens with zero attached hydrogens (tertiary/aromatic N) is 1. The van der Waals surface area contributed by atoms with E-state index in [1.54, 1.807) is 0 Å². The second-order valence-electron chi connectivity index (χ2n) is 4.50. The smallest absolute Gasteiger partial charge is 0.0528 e. The molecule has 0 aromatic rings. The van der Waals surface area contributed by atoms with E-state index in [9.17, 15) is 0 Å². The zero-order chi connectivity index (χ0) is 8.55. The van der Waals surface area contributed by atoms with Crippen molar-refractivity contribution in [1.82, 2.24) is 4.90 Å². The average molecular weight is 169 g/mol. The van der Waals surface area contributed by atoms with Gasteiger partial charge in [0, 0.05) is 18.5 Å². The van der Waals surface area contributed by atoms with Gasteiger partial charge in [0.2, 0.25) is 0 Å². The molecule has 2 rings (SSSR count). The Morgan fingerprint density at radius 1 is 1.42 bits per heavy atom. The fourth-order valence-electron chi connectivity index (χ4n) is 2.16. The Morgan fingerprint density at radius 3 is 2.50 bits per heavy atom. The average Bonchev–Trinajstić information content (AvgIpc) is 1.79. The van der Waals surface area contributed by atoms with Crippen LogP contribution >= 0.6 is 0 Å². The maximum absolute atomic E-state index is 5.17. The highest BCUT2D eigenvalue weighted by molar-refractivity contribution is 4.87. The molecule has 2 aliphatic rings. The van der Waals surface area contributed by atoms with Crippen molar-refractivity contribution >= 4 is 0 Å². The summed E-state index contributed by atoms with van der Waals surface area (Å²) in [5.74, 6) is 1.67. The van der Waals surface area contributed by atoms with Gasteiger partial charge >= 0.3 is 0 Å². The molecule has 0 aromatic heterocycles. The topological polar surface area (TPSA) is 12.5 Å². The molecule has 2 nitrogen and oxygen atoms in total. The standard InChI is InChI=1S/C10H19NO/c1-8(2)10-3-4-11(10)5-9-6-12-7-9/h8-10H,3-7H2,1-2H3. The molecular weight excluding hydrogens is 150 g/mol. The molecule has 2 saturated heterocycles. The van der Waals surface area contributed by atoms with E-state index in [-0.39, 0.29) is 0 Å². The Balaban J connectivity index is 1.73. The molecule has 0 aromatic carbocycles. The first kappa shape index (κ1) is 8.52. The number of hydrogen-bond donors (Lipinski definition) is 0. The Morgan fingerprint density at radius 2 is 2.17 bits per heavy atom. The highest BCUT2D eigenvalue weighted by atomic mass is 16.5. The van der Waals surface area contributed by atoms with E-state index in [0.717, 1.165) is 31.1 Å². The van der Waals surface area contributed by atoms with E-state index >= 15 is 0 Å². The summed E-state index contributed by atoms with van der Waals surface area (Å²) in [5.41, 5.74) is 0. The van der Waals surface area contributed by atoms with Crippen LogP contribution in [0.4, 0.5) is 0 Å². The molecule has 70 valence electrons. The molecule has 12 heavy (non-hydrogen) atoms. The summed E-state index contributed by atoms with van der Waals surface area (Å²) in [6, 6.07) is 0.866. The maximum Gasteiger partial charge on any atom is 0.0528 e. The lowest BCUT2D eigenvalue weighted by atomic mass is 9.90. The SMILES string of the molecule is CC(C)C1CCN1CC1COC1. The van der Waals surface area contributed by atoms with Crippen LogP contribution < -0.4 is 0 Å².